The first-order chi connectivity index (χ1) is 7.13. The quantitative estimate of drug-likeness (QED) is 0.759. The van der Waals surface area contributed by atoms with E-state index >= 15 is 0 Å². The van der Waals surface area contributed by atoms with Gasteiger partial charge in [0.25, 0.3) is 0 Å². The summed E-state index contributed by atoms with van der Waals surface area (Å²) in [6.07, 6.45) is 1.66. The molecule has 0 bridgehead atoms. The van der Waals surface area contributed by atoms with Crippen LogP contribution in [0.15, 0.2) is 6.20 Å². The lowest BCUT2D eigenvalue weighted by molar-refractivity contribution is -0.136. The molecular formula is C8H8ClN3O2S. The molecule has 80 valence electrons. The number of imide groups is 1. The number of hydrogen-bond donors (Lipinski definition) is 1. The monoisotopic (exact) mass is 245 g/mol. The number of hydrogen-bond acceptors (Lipinski definition) is 5. The normalized spacial score (nSPS) is 17.9. The number of aromatic nitrogens is 1. The standard InChI is InChI=1S/C8H8ClN3O2S/c9-8-10-1-5(15-8)2-12-3-6(13)11-7(14)4-12/h1H,2-4H2,(H,11,13,14). The zero-order chi connectivity index (χ0) is 10.8. The van der Waals surface area contributed by atoms with Crippen LogP contribution in [-0.2, 0) is 16.1 Å². The number of amides is 2. The van der Waals surface area contributed by atoms with Crippen molar-refractivity contribution in [2.75, 3.05) is 13.1 Å². The van der Waals surface area contributed by atoms with Crippen LogP contribution in [0.25, 0.3) is 0 Å². The summed E-state index contributed by atoms with van der Waals surface area (Å²) in [5, 5.41) is 2.24. The van der Waals surface area contributed by atoms with Crippen molar-refractivity contribution in [1.29, 1.82) is 0 Å². The number of piperazine rings is 1. The fourth-order valence-electron chi connectivity index (χ4n) is 1.39. The smallest absolute Gasteiger partial charge is 0.240 e. The van der Waals surface area contributed by atoms with Crippen LogP contribution in [0.3, 0.4) is 0 Å². The second kappa shape index (κ2) is 4.26. The summed E-state index contributed by atoms with van der Waals surface area (Å²) in [5.41, 5.74) is 0. The fourth-order valence-corrected chi connectivity index (χ4v) is 2.41. The molecule has 2 rings (SSSR count). The number of carbonyl (C=O) groups is 2. The van der Waals surface area contributed by atoms with Crippen molar-refractivity contribution in [2.45, 2.75) is 6.54 Å². The van der Waals surface area contributed by atoms with Crippen molar-refractivity contribution in [2.24, 2.45) is 0 Å². The second-order valence-corrected chi connectivity index (χ2v) is 4.89. The van der Waals surface area contributed by atoms with Gasteiger partial charge in [-0.1, -0.05) is 11.6 Å². The van der Waals surface area contributed by atoms with Gasteiger partial charge in [0, 0.05) is 17.6 Å². The predicted octanol–water partition coefficient (Wildman–Crippen LogP) is 0.255. The molecule has 5 nitrogen and oxygen atoms in total. The Kier molecular flexibility index (Phi) is 2.99. The summed E-state index contributed by atoms with van der Waals surface area (Å²) >= 11 is 7.03. The highest BCUT2D eigenvalue weighted by atomic mass is 35.5. The molecule has 0 saturated carbocycles. The largest absolute Gasteiger partial charge is 0.294 e. The third-order valence-corrected chi connectivity index (χ3v) is 3.02. The maximum absolute atomic E-state index is 11.1. The molecule has 1 aliphatic heterocycles. The molecular weight excluding hydrogens is 238 g/mol. The molecule has 2 amide bonds. The Hall–Kier alpha value is -0.980. The van der Waals surface area contributed by atoms with E-state index in [-0.39, 0.29) is 24.9 Å². The molecule has 1 aromatic rings. The van der Waals surface area contributed by atoms with Crippen molar-refractivity contribution < 1.29 is 9.59 Å². The zero-order valence-corrected chi connectivity index (χ0v) is 9.27. The third kappa shape index (κ3) is 2.74. The molecule has 1 fully saturated rings. The highest BCUT2D eigenvalue weighted by molar-refractivity contribution is 7.15. The lowest BCUT2D eigenvalue weighted by Gasteiger charge is -2.24. The lowest BCUT2D eigenvalue weighted by Crippen LogP contribution is -2.50. The molecule has 0 aliphatic carbocycles. The molecule has 0 spiro atoms. The van der Waals surface area contributed by atoms with Gasteiger partial charge in [-0.15, -0.1) is 11.3 Å². The SMILES string of the molecule is O=C1CN(Cc2cnc(Cl)s2)CC(=O)N1. The minimum absolute atomic E-state index is 0.237. The molecule has 0 radical (unpaired) electrons. The summed E-state index contributed by atoms with van der Waals surface area (Å²) in [7, 11) is 0. The van der Waals surface area contributed by atoms with Gasteiger partial charge in [-0.05, 0) is 0 Å². The molecule has 1 aliphatic rings. The fraction of sp³-hybridized carbons (Fsp3) is 0.375. The first-order valence-electron chi connectivity index (χ1n) is 4.29. The van der Waals surface area contributed by atoms with Gasteiger partial charge in [0.1, 0.15) is 0 Å². The van der Waals surface area contributed by atoms with Gasteiger partial charge < -0.3 is 0 Å². The van der Waals surface area contributed by atoms with Crippen LogP contribution in [0.5, 0.6) is 0 Å². The Morgan fingerprint density at radius 3 is 2.67 bits per heavy atom. The number of carbonyl (C=O) groups excluding carboxylic acids is 2. The molecule has 1 N–H and O–H groups in total. The van der Waals surface area contributed by atoms with E-state index in [0.29, 0.717) is 11.0 Å². The predicted molar refractivity (Wildman–Crippen MR) is 55.6 cm³/mol. The first kappa shape index (κ1) is 10.5. The second-order valence-electron chi connectivity index (χ2n) is 3.20. The van der Waals surface area contributed by atoms with E-state index in [1.807, 2.05) is 0 Å². The summed E-state index contributed by atoms with van der Waals surface area (Å²) in [4.78, 5) is 28.7. The number of halogens is 1. The van der Waals surface area contributed by atoms with Gasteiger partial charge in [0.2, 0.25) is 11.8 Å². The highest BCUT2D eigenvalue weighted by Crippen LogP contribution is 2.19. The van der Waals surface area contributed by atoms with Crippen LogP contribution in [0.2, 0.25) is 4.47 Å². The number of rotatable bonds is 2. The third-order valence-electron chi connectivity index (χ3n) is 1.92. The Bertz CT molecular complexity index is 390. The maximum atomic E-state index is 11.1. The van der Waals surface area contributed by atoms with E-state index in [2.05, 4.69) is 10.3 Å². The van der Waals surface area contributed by atoms with Gasteiger partial charge >= 0.3 is 0 Å². The van der Waals surface area contributed by atoms with Gasteiger partial charge in [0.15, 0.2) is 4.47 Å². The minimum Gasteiger partial charge on any atom is -0.294 e. The zero-order valence-electron chi connectivity index (χ0n) is 7.70. The highest BCUT2D eigenvalue weighted by Gasteiger charge is 2.22. The van der Waals surface area contributed by atoms with E-state index in [9.17, 15) is 9.59 Å². The van der Waals surface area contributed by atoms with Gasteiger partial charge in [-0.25, -0.2) is 4.98 Å². The van der Waals surface area contributed by atoms with Crippen LogP contribution in [-0.4, -0.2) is 34.8 Å². The average molecular weight is 246 g/mol. The maximum Gasteiger partial charge on any atom is 0.240 e. The van der Waals surface area contributed by atoms with Crippen molar-refractivity contribution in [3.05, 3.63) is 15.5 Å². The van der Waals surface area contributed by atoms with Crippen LogP contribution >= 0.6 is 22.9 Å². The molecule has 0 atom stereocenters. The number of thiazole rings is 1. The van der Waals surface area contributed by atoms with Crippen LogP contribution in [0.1, 0.15) is 4.88 Å². The van der Waals surface area contributed by atoms with Crippen LogP contribution in [0.4, 0.5) is 0 Å². The molecule has 0 unspecified atom stereocenters. The molecule has 15 heavy (non-hydrogen) atoms. The first-order valence-corrected chi connectivity index (χ1v) is 5.48. The van der Waals surface area contributed by atoms with Crippen LogP contribution < -0.4 is 5.32 Å². The van der Waals surface area contributed by atoms with Crippen molar-refractivity contribution in [3.63, 3.8) is 0 Å². The topological polar surface area (TPSA) is 62.3 Å². The van der Waals surface area contributed by atoms with E-state index < -0.39 is 0 Å². The Labute approximate surface area is 95.0 Å². The van der Waals surface area contributed by atoms with Gasteiger partial charge in [-0.2, -0.15) is 0 Å². The Morgan fingerprint density at radius 2 is 2.13 bits per heavy atom. The average Bonchev–Trinajstić information content (AvgIpc) is 2.49. The van der Waals surface area contributed by atoms with Gasteiger partial charge in [0.05, 0.1) is 13.1 Å². The summed E-state index contributed by atoms with van der Waals surface area (Å²) < 4.78 is 0.470. The molecule has 2 heterocycles. The minimum atomic E-state index is -0.262. The van der Waals surface area contributed by atoms with E-state index in [1.165, 1.54) is 11.3 Å². The van der Waals surface area contributed by atoms with Crippen molar-refractivity contribution in [3.8, 4) is 0 Å². The van der Waals surface area contributed by atoms with E-state index in [1.54, 1.807) is 11.1 Å². The summed E-state index contributed by atoms with van der Waals surface area (Å²) in [5.74, 6) is -0.524. The summed E-state index contributed by atoms with van der Waals surface area (Å²) in [6, 6.07) is 0. The Balaban J connectivity index is 2.00. The van der Waals surface area contributed by atoms with E-state index in [0.717, 1.165) is 4.88 Å². The van der Waals surface area contributed by atoms with Crippen molar-refractivity contribution in [1.82, 2.24) is 15.2 Å². The molecule has 1 saturated heterocycles. The van der Waals surface area contributed by atoms with Crippen LogP contribution in [0, 0.1) is 0 Å². The number of nitrogens with one attached hydrogen (secondary N) is 1. The van der Waals surface area contributed by atoms with Crippen molar-refractivity contribution >= 4 is 34.8 Å². The number of nitrogens with zero attached hydrogens (tertiary/aromatic N) is 2. The Morgan fingerprint density at radius 1 is 1.47 bits per heavy atom. The molecule has 7 heteroatoms. The van der Waals surface area contributed by atoms with Gasteiger partial charge in [-0.3, -0.25) is 19.8 Å². The lowest BCUT2D eigenvalue weighted by atomic mass is 10.3. The summed E-state index contributed by atoms with van der Waals surface area (Å²) in [6.45, 7) is 1.01. The molecule has 1 aromatic heterocycles. The van der Waals surface area contributed by atoms with E-state index in [4.69, 9.17) is 11.6 Å². The molecule has 0 aromatic carbocycles.